The van der Waals surface area contributed by atoms with E-state index in [0.29, 0.717) is 42.1 Å². The fourth-order valence-electron chi connectivity index (χ4n) is 3.18. The number of carbonyl (C=O) groups excluding carboxylic acids is 1. The van der Waals surface area contributed by atoms with Crippen molar-refractivity contribution in [1.29, 1.82) is 0 Å². The molecular weight excluding hydrogens is 424 g/mol. The van der Waals surface area contributed by atoms with Crippen LogP contribution in [0.25, 0.3) is 0 Å². The predicted octanol–water partition coefficient (Wildman–Crippen LogP) is 1.93. The van der Waals surface area contributed by atoms with Crippen molar-refractivity contribution in [2.75, 3.05) is 26.2 Å². The zero-order valence-electron chi connectivity index (χ0n) is 14.9. The highest BCUT2D eigenvalue weighted by atomic mass is 79.9. The van der Waals surface area contributed by atoms with Gasteiger partial charge in [-0.1, -0.05) is 0 Å². The molecule has 2 aromatic heterocycles. The summed E-state index contributed by atoms with van der Waals surface area (Å²) in [7, 11) is -1.93. The van der Waals surface area contributed by atoms with Gasteiger partial charge in [0.25, 0.3) is 5.91 Å². The molecule has 0 bridgehead atoms. The van der Waals surface area contributed by atoms with E-state index in [1.165, 1.54) is 4.31 Å². The number of aromatic nitrogens is 2. The molecule has 1 fully saturated rings. The average molecular weight is 445 g/mol. The van der Waals surface area contributed by atoms with Crippen LogP contribution >= 0.6 is 15.9 Å². The van der Waals surface area contributed by atoms with E-state index >= 15 is 0 Å². The van der Waals surface area contributed by atoms with Gasteiger partial charge in [-0.3, -0.25) is 9.48 Å². The first-order valence-corrected chi connectivity index (χ1v) is 10.5. The van der Waals surface area contributed by atoms with Crippen LogP contribution in [0.4, 0.5) is 0 Å². The van der Waals surface area contributed by atoms with Gasteiger partial charge in [0.2, 0.25) is 10.0 Å². The monoisotopic (exact) mass is 444 g/mol. The molecule has 0 aliphatic carbocycles. The quantitative estimate of drug-likeness (QED) is 0.721. The second-order valence-corrected chi connectivity index (χ2v) is 8.93. The van der Waals surface area contributed by atoms with Crippen LogP contribution in [-0.4, -0.2) is 59.5 Å². The van der Waals surface area contributed by atoms with Crippen molar-refractivity contribution in [3.05, 3.63) is 34.0 Å². The van der Waals surface area contributed by atoms with Crippen LogP contribution in [0.3, 0.4) is 0 Å². The van der Waals surface area contributed by atoms with Crippen LogP contribution in [0.1, 0.15) is 28.4 Å². The smallest absolute Gasteiger partial charge is 0.289 e. The number of amides is 1. The van der Waals surface area contributed by atoms with Gasteiger partial charge in [-0.2, -0.15) is 9.40 Å². The van der Waals surface area contributed by atoms with E-state index in [9.17, 15) is 13.2 Å². The van der Waals surface area contributed by atoms with Crippen LogP contribution in [-0.2, 0) is 17.1 Å². The molecule has 142 valence electrons. The van der Waals surface area contributed by atoms with Crippen molar-refractivity contribution in [2.45, 2.75) is 25.2 Å². The zero-order chi connectivity index (χ0) is 19.1. The van der Waals surface area contributed by atoms with E-state index in [4.69, 9.17) is 4.42 Å². The Balaban J connectivity index is 1.79. The summed E-state index contributed by atoms with van der Waals surface area (Å²) in [6.07, 6.45) is 0.561. The average Bonchev–Trinajstić information content (AvgIpc) is 2.99. The van der Waals surface area contributed by atoms with Crippen molar-refractivity contribution in [3.63, 3.8) is 0 Å². The van der Waals surface area contributed by atoms with E-state index in [1.54, 1.807) is 42.6 Å². The predicted molar refractivity (Wildman–Crippen MR) is 98.4 cm³/mol. The first-order chi connectivity index (χ1) is 12.2. The van der Waals surface area contributed by atoms with Gasteiger partial charge in [-0.05, 0) is 48.3 Å². The lowest BCUT2D eigenvalue weighted by Crippen LogP contribution is -2.37. The van der Waals surface area contributed by atoms with Gasteiger partial charge >= 0.3 is 0 Å². The van der Waals surface area contributed by atoms with Gasteiger partial charge in [0.1, 0.15) is 4.90 Å². The zero-order valence-corrected chi connectivity index (χ0v) is 17.3. The first kappa shape index (κ1) is 19.1. The molecule has 3 heterocycles. The Bertz CT molecular complexity index is 934. The molecule has 26 heavy (non-hydrogen) atoms. The van der Waals surface area contributed by atoms with Crippen LogP contribution in [0.5, 0.6) is 0 Å². The summed E-state index contributed by atoms with van der Waals surface area (Å²) in [5, 5.41) is 4.21. The molecule has 0 atom stereocenters. The number of carbonyl (C=O) groups is 1. The minimum atomic E-state index is -3.65. The van der Waals surface area contributed by atoms with Gasteiger partial charge < -0.3 is 9.32 Å². The van der Waals surface area contributed by atoms with Crippen molar-refractivity contribution >= 4 is 31.9 Å². The van der Waals surface area contributed by atoms with Gasteiger partial charge in [-0.25, -0.2) is 8.42 Å². The summed E-state index contributed by atoms with van der Waals surface area (Å²) in [5.74, 6) is 0.0100. The van der Waals surface area contributed by atoms with Gasteiger partial charge in [0, 0.05) is 33.2 Å². The highest BCUT2D eigenvalue weighted by molar-refractivity contribution is 9.10. The Hall–Kier alpha value is -1.65. The number of hydrogen-bond acceptors (Lipinski definition) is 5. The maximum atomic E-state index is 13.1. The molecule has 1 amide bonds. The molecule has 1 aliphatic heterocycles. The second kappa shape index (κ2) is 7.16. The number of furan rings is 1. The SMILES string of the molecule is Cc1nn(C)c(C)c1S(=O)(=O)N1CCCN(C(=O)c2ccc(Br)o2)CC1. The Morgan fingerprint density at radius 3 is 2.50 bits per heavy atom. The maximum Gasteiger partial charge on any atom is 0.289 e. The molecule has 3 rings (SSSR count). The summed E-state index contributed by atoms with van der Waals surface area (Å²) in [6.45, 7) is 4.84. The van der Waals surface area contributed by atoms with Crippen LogP contribution in [0, 0.1) is 13.8 Å². The van der Waals surface area contributed by atoms with Gasteiger partial charge in [0.15, 0.2) is 10.4 Å². The first-order valence-electron chi connectivity index (χ1n) is 8.27. The third kappa shape index (κ3) is 3.45. The lowest BCUT2D eigenvalue weighted by Gasteiger charge is -2.21. The Morgan fingerprint density at radius 1 is 1.19 bits per heavy atom. The number of hydrogen-bond donors (Lipinski definition) is 0. The van der Waals surface area contributed by atoms with E-state index in [-0.39, 0.29) is 23.1 Å². The van der Waals surface area contributed by atoms with Crippen molar-refractivity contribution < 1.29 is 17.6 Å². The van der Waals surface area contributed by atoms with E-state index in [1.807, 2.05) is 0 Å². The summed E-state index contributed by atoms with van der Waals surface area (Å²) in [5.41, 5.74) is 1.10. The van der Waals surface area contributed by atoms with Crippen molar-refractivity contribution in [3.8, 4) is 0 Å². The highest BCUT2D eigenvalue weighted by Gasteiger charge is 2.33. The fourth-order valence-corrected chi connectivity index (χ4v) is 5.35. The van der Waals surface area contributed by atoms with E-state index in [0.717, 1.165) is 0 Å². The molecule has 0 saturated carbocycles. The van der Waals surface area contributed by atoms with Crippen LogP contribution in [0.15, 0.2) is 26.1 Å². The minimum Gasteiger partial charge on any atom is -0.444 e. The molecule has 0 spiro atoms. The molecule has 1 aliphatic rings. The van der Waals surface area contributed by atoms with E-state index < -0.39 is 10.0 Å². The normalized spacial score (nSPS) is 16.7. The summed E-state index contributed by atoms with van der Waals surface area (Å²) in [6, 6.07) is 3.27. The van der Waals surface area contributed by atoms with Crippen molar-refractivity contribution in [1.82, 2.24) is 19.0 Å². The minimum absolute atomic E-state index is 0.233. The topological polar surface area (TPSA) is 88.7 Å². The molecular formula is C16H21BrN4O4S. The molecule has 1 saturated heterocycles. The molecule has 0 N–H and O–H groups in total. The van der Waals surface area contributed by atoms with Crippen LogP contribution in [0.2, 0.25) is 0 Å². The largest absolute Gasteiger partial charge is 0.444 e. The summed E-state index contributed by atoms with van der Waals surface area (Å²) >= 11 is 3.18. The van der Waals surface area contributed by atoms with Gasteiger partial charge in [0.05, 0.1) is 11.4 Å². The van der Waals surface area contributed by atoms with Crippen LogP contribution < -0.4 is 0 Å². The van der Waals surface area contributed by atoms with Gasteiger partial charge in [-0.15, -0.1) is 0 Å². The third-order valence-electron chi connectivity index (χ3n) is 4.57. The maximum absolute atomic E-state index is 13.1. The lowest BCUT2D eigenvalue weighted by molar-refractivity contribution is 0.0731. The molecule has 2 aromatic rings. The molecule has 10 heteroatoms. The molecule has 0 radical (unpaired) electrons. The Morgan fingerprint density at radius 2 is 1.92 bits per heavy atom. The number of halogens is 1. The molecule has 8 nitrogen and oxygen atoms in total. The number of aryl methyl sites for hydroxylation is 2. The fraction of sp³-hybridized carbons (Fsp3) is 0.500. The highest BCUT2D eigenvalue weighted by Crippen LogP contribution is 2.24. The summed E-state index contributed by atoms with van der Waals surface area (Å²) in [4.78, 5) is 14.4. The molecule has 0 unspecified atom stereocenters. The lowest BCUT2D eigenvalue weighted by atomic mass is 10.3. The summed E-state index contributed by atoms with van der Waals surface area (Å²) < 4.78 is 35.0. The van der Waals surface area contributed by atoms with E-state index in [2.05, 4.69) is 21.0 Å². The number of rotatable bonds is 3. The third-order valence-corrected chi connectivity index (χ3v) is 7.14. The molecule has 0 aromatic carbocycles. The Labute approximate surface area is 160 Å². The van der Waals surface area contributed by atoms with Crippen molar-refractivity contribution in [2.24, 2.45) is 7.05 Å². The second-order valence-electron chi connectivity index (χ2n) is 6.28. The standard InChI is InChI=1S/C16H21BrN4O4S/c1-11-15(12(2)19(3)18-11)26(23,24)21-8-4-7-20(9-10-21)16(22)13-5-6-14(17)25-13/h5-6H,4,7-10H2,1-3H3. The Kier molecular flexibility index (Phi) is 5.27. The number of nitrogens with zero attached hydrogens (tertiary/aromatic N) is 4. The number of sulfonamides is 1.